The van der Waals surface area contributed by atoms with Crippen LogP contribution in [-0.4, -0.2) is 22.8 Å². The summed E-state index contributed by atoms with van der Waals surface area (Å²) in [6, 6.07) is 6.84. The summed E-state index contributed by atoms with van der Waals surface area (Å²) in [5.74, 6) is -0.532. The predicted molar refractivity (Wildman–Crippen MR) is 75.9 cm³/mol. The van der Waals surface area contributed by atoms with Gasteiger partial charge in [0.25, 0.3) is 0 Å². The molecular weight excluding hydrogens is 256 g/mol. The van der Waals surface area contributed by atoms with E-state index in [0.717, 1.165) is 16.6 Å². The van der Waals surface area contributed by atoms with Gasteiger partial charge < -0.3 is 11.1 Å². The number of carbonyl (C=O) groups is 2. The van der Waals surface area contributed by atoms with Crippen LogP contribution in [0.5, 0.6) is 0 Å². The number of hydrogen-bond donors (Lipinski definition) is 3. The van der Waals surface area contributed by atoms with Crippen molar-refractivity contribution in [3.05, 3.63) is 30.5 Å². The lowest BCUT2D eigenvalue weighted by molar-refractivity contribution is -0.133. The van der Waals surface area contributed by atoms with Crippen LogP contribution in [0, 0.1) is 0 Å². The number of carbonyl (C=O) groups excluding carboxylic acids is 2. The zero-order chi connectivity index (χ0) is 14.1. The molecular formula is C14H14N4O2. The largest absolute Gasteiger partial charge is 0.398 e. The van der Waals surface area contributed by atoms with E-state index in [0.29, 0.717) is 18.5 Å². The fourth-order valence-electron chi connectivity index (χ4n) is 2.33. The molecule has 2 amide bonds. The number of nitrogens with zero attached hydrogens (tertiary/aromatic N) is 1. The molecule has 6 heteroatoms. The molecule has 2 heterocycles. The second-order valence-electron chi connectivity index (χ2n) is 4.75. The third-order valence-electron chi connectivity index (χ3n) is 3.37. The number of nitrogens with two attached hydrogens (primary N) is 1. The molecule has 1 fully saturated rings. The first-order valence-corrected chi connectivity index (χ1v) is 6.38. The van der Waals surface area contributed by atoms with Crippen molar-refractivity contribution in [2.45, 2.75) is 18.9 Å². The van der Waals surface area contributed by atoms with Gasteiger partial charge in [-0.3, -0.25) is 19.9 Å². The second-order valence-corrected chi connectivity index (χ2v) is 4.75. The van der Waals surface area contributed by atoms with Gasteiger partial charge in [-0.2, -0.15) is 0 Å². The van der Waals surface area contributed by atoms with Crippen LogP contribution >= 0.6 is 0 Å². The average Bonchev–Trinajstić information content (AvgIpc) is 2.45. The summed E-state index contributed by atoms with van der Waals surface area (Å²) in [6.45, 7) is 0. The number of hydrogen-bond acceptors (Lipinski definition) is 5. The summed E-state index contributed by atoms with van der Waals surface area (Å²) in [4.78, 5) is 27.2. The van der Waals surface area contributed by atoms with E-state index in [1.807, 2.05) is 12.1 Å². The van der Waals surface area contributed by atoms with Gasteiger partial charge in [0.1, 0.15) is 6.04 Å². The van der Waals surface area contributed by atoms with E-state index in [4.69, 9.17) is 5.73 Å². The van der Waals surface area contributed by atoms with Crippen molar-refractivity contribution in [3.63, 3.8) is 0 Å². The Morgan fingerprint density at radius 2 is 2.15 bits per heavy atom. The van der Waals surface area contributed by atoms with E-state index in [1.54, 1.807) is 18.3 Å². The Kier molecular flexibility index (Phi) is 2.98. The van der Waals surface area contributed by atoms with E-state index in [-0.39, 0.29) is 11.8 Å². The van der Waals surface area contributed by atoms with Crippen LogP contribution in [0.1, 0.15) is 12.8 Å². The molecule has 4 N–H and O–H groups in total. The van der Waals surface area contributed by atoms with Crippen LogP contribution < -0.4 is 16.4 Å². The van der Waals surface area contributed by atoms with Gasteiger partial charge in [-0.25, -0.2) is 0 Å². The first kappa shape index (κ1) is 12.4. The maximum Gasteiger partial charge on any atom is 0.249 e. The van der Waals surface area contributed by atoms with E-state index < -0.39 is 6.04 Å². The zero-order valence-electron chi connectivity index (χ0n) is 10.7. The van der Waals surface area contributed by atoms with Gasteiger partial charge in [-0.05, 0) is 30.7 Å². The molecule has 1 atom stereocenters. The molecule has 0 spiro atoms. The molecule has 1 aliphatic rings. The number of benzene rings is 1. The van der Waals surface area contributed by atoms with Crippen LogP contribution in [0.15, 0.2) is 30.5 Å². The molecule has 0 bridgehead atoms. The summed E-state index contributed by atoms with van der Waals surface area (Å²) in [6.07, 6.45) is 2.49. The number of amides is 2. The van der Waals surface area contributed by atoms with Crippen molar-refractivity contribution in [2.75, 3.05) is 11.1 Å². The Bertz CT molecular complexity index is 699. The lowest BCUT2D eigenvalue weighted by atomic mass is 10.0. The number of piperidine rings is 1. The van der Waals surface area contributed by atoms with Crippen LogP contribution in [0.3, 0.4) is 0 Å². The first-order valence-electron chi connectivity index (χ1n) is 6.38. The van der Waals surface area contributed by atoms with Gasteiger partial charge in [0.15, 0.2) is 0 Å². The summed E-state index contributed by atoms with van der Waals surface area (Å²) < 4.78 is 0. The minimum absolute atomic E-state index is 0.228. The maximum absolute atomic E-state index is 11.8. The molecule has 1 aliphatic heterocycles. The Labute approximate surface area is 115 Å². The van der Waals surface area contributed by atoms with Crippen LogP contribution in [0.4, 0.5) is 11.4 Å². The first-order chi connectivity index (χ1) is 9.65. The average molecular weight is 270 g/mol. The zero-order valence-corrected chi connectivity index (χ0v) is 10.7. The smallest absolute Gasteiger partial charge is 0.249 e. The van der Waals surface area contributed by atoms with Gasteiger partial charge in [0.05, 0.1) is 11.2 Å². The Morgan fingerprint density at radius 3 is 2.95 bits per heavy atom. The number of pyridine rings is 1. The molecule has 3 rings (SSSR count). The third-order valence-corrected chi connectivity index (χ3v) is 3.37. The molecule has 0 saturated carbocycles. The number of aromatic nitrogens is 1. The molecule has 1 saturated heterocycles. The van der Waals surface area contributed by atoms with Gasteiger partial charge in [0, 0.05) is 23.7 Å². The summed E-state index contributed by atoms with van der Waals surface area (Å²) in [7, 11) is 0. The van der Waals surface area contributed by atoms with Crippen LogP contribution in [0.2, 0.25) is 0 Å². The maximum atomic E-state index is 11.8. The van der Waals surface area contributed by atoms with E-state index in [1.165, 1.54) is 0 Å². The molecule has 1 unspecified atom stereocenters. The lowest BCUT2D eigenvalue weighted by Crippen LogP contribution is -2.47. The highest BCUT2D eigenvalue weighted by Crippen LogP contribution is 2.27. The van der Waals surface area contributed by atoms with Gasteiger partial charge in [-0.1, -0.05) is 0 Å². The Hall–Kier alpha value is -2.63. The molecule has 1 aromatic heterocycles. The molecule has 6 nitrogen and oxygen atoms in total. The summed E-state index contributed by atoms with van der Waals surface area (Å²) >= 11 is 0. The number of fused-ring (bicyclic) bond motifs is 1. The van der Waals surface area contributed by atoms with Crippen molar-refractivity contribution < 1.29 is 9.59 Å². The highest BCUT2D eigenvalue weighted by atomic mass is 16.2. The second kappa shape index (κ2) is 4.80. The normalized spacial score (nSPS) is 18.9. The van der Waals surface area contributed by atoms with E-state index in [2.05, 4.69) is 15.6 Å². The SMILES string of the molecule is Nc1ccc(NC2CCC(=O)NC2=O)c2ncccc12. The topological polar surface area (TPSA) is 97.1 Å². The monoisotopic (exact) mass is 270 g/mol. The van der Waals surface area contributed by atoms with E-state index >= 15 is 0 Å². The predicted octanol–water partition coefficient (Wildman–Crippen LogP) is 1.03. The standard InChI is InChI=1S/C14H14N4O2/c15-9-3-4-10(13-8(9)2-1-7-16-13)17-11-5-6-12(19)18-14(11)20/h1-4,7,11,17H,5-6,15H2,(H,18,19,20). The molecule has 0 aliphatic carbocycles. The number of nitrogen functional groups attached to an aromatic ring is 1. The van der Waals surface area contributed by atoms with Crippen molar-refractivity contribution in [3.8, 4) is 0 Å². The van der Waals surface area contributed by atoms with Gasteiger partial charge >= 0.3 is 0 Å². The Morgan fingerprint density at radius 1 is 1.30 bits per heavy atom. The van der Waals surface area contributed by atoms with Crippen molar-refractivity contribution in [1.82, 2.24) is 10.3 Å². The fourth-order valence-corrected chi connectivity index (χ4v) is 2.33. The number of nitrogens with one attached hydrogen (secondary N) is 2. The minimum Gasteiger partial charge on any atom is -0.398 e. The fraction of sp³-hybridized carbons (Fsp3) is 0.214. The van der Waals surface area contributed by atoms with Gasteiger partial charge in [0.2, 0.25) is 11.8 Å². The quantitative estimate of drug-likeness (QED) is 0.559. The number of anilines is 2. The highest BCUT2D eigenvalue weighted by molar-refractivity contribution is 6.03. The Balaban J connectivity index is 1.93. The molecule has 2 aromatic rings. The van der Waals surface area contributed by atoms with Crippen LogP contribution in [-0.2, 0) is 9.59 Å². The van der Waals surface area contributed by atoms with Gasteiger partial charge in [-0.15, -0.1) is 0 Å². The van der Waals surface area contributed by atoms with Crippen molar-refractivity contribution in [1.29, 1.82) is 0 Å². The number of rotatable bonds is 2. The summed E-state index contributed by atoms with van der Waals surface area (Å²) in [5, 5.41) is 6.30. The van der Waals surface area contributed by atoms with E-state index in [9.17, 15) is 9.59 Å². The summed E-state index contributed by atoms with van der Waals surface area (Å²) in [5.41, 5.74) is 8.01. The lowest BCUT2D eigenvalue weighted by Gasteiger charge is -2.23. The molecule has 102 valence electrons. The highest BCUT2D eigenvalue weighted by Gasteiger charge is 2.26. The molecule has 0 radical (unpaired) electrons. The molecule has 20 heavy (non-hydrogen) atoms. The molecule has 1 aromatic carbocycles. The van der Waals surface area contributed by atoms with Crippen LogP contribution in [0.25, 0.3) is 10.9 Å². The third kappa shape index (κ3) is 2.16. The minimum atomic E-state index is -0.429. The van der Waals surface area contributed by atoms with Crippen molar-refractivity contribution in [2.24, 2.45) is 0 Å². The van der Waals surface area contributed by atoms with Crippen molar-refractivity contribution >= 4 is 34.1 Å². The number of imide groups is 1.